The third-order valence-electron chi connectivity index (χ3n) is 6.20. The number of fused-ring (bicyclic) bond motifs is 1. The second-order valence-electron chi connectivity index (χ2n) is 8.78. The van der Waals surface area contributed by atoms with Gasteiger partial charge in [0.05, 0.1) is 31.1 Å². The molecule has 0 saturated heterocycles. The first-order valence-electron chi connectivity index (χ1n) is 12.1. The monoisotopic (exact) mass is 560 g/mol. The van der Waals surface area contributed by atoms with Gasteiger partial charge < -0.3 is 24.1 Å². The van der Waals surface area contributed by atoms with Gasteiger partial charge >= 0.3 is 5.69 Å². The standard InChI is InChI=1S/C29H22F2N4O6/c1-34-15-20(28(37)35(29(34)38)17-6-4-16(30)5-7-17)27(36)33-22-9-8-18(12-21(22)31)41-24-10-11-32-23-14-26(40-3)25(39-2)13-19(23)24/h4-15H,1-3H3,(H,33,36). The topological polar surface area (TPSA) is 114 Å². The van der Waals surface area contributed by atoms with E-state index in [1.165, 1.54) is 51.7 Å². The summed E-state index contributed by atoms with van der Waals surface area (Å²) < 4.78 is 46.7. The summed E-state index contributed by atoms with van der Waals surface area (Å²) >= 11 is 0. The Morgan fingerprint density at radius 1 is 0.902 bits per heavy atom. The van der Waals surface area contributed by atoms with Crippen LogP contribution in [0.2, 0.25) is 0 Å². The van der Waals surface area contributed by atoms with E-state index in [9.17, 15) is 18.8 Å². The van der Waals surface area contributed by atoms with Gasteiger partial charge in [-0.05, 0) is 48.5 Å². The van der Waals surface area contributed by atoms with E-state index in [4.69, 9.17) is 14.2 Å². The Hall–Kier alpha value is -5.52. The highest BCUT2D eigenvalue weighted by Crippen LogP contribution is 2.37. The van der Waals surface area contributed by atoms with Crippen LogP contribution in [0.1, 0.15) is 10.4 Å². The number of anilines is 1. The van der Waals surface area contributed by atoms with Gasteiger partial charge in [-0.1, -0.05) is 0 Å². The van der Waals surface area contributed by atoms with Crippen LogP contribution in [0, 0.1) is 11.6 Å². The molecule has 2 heterocycles. The van der Waals surface area contributed by atoms with Gasteiger partial charge in [-0.3, -0.25) is 14.6 Å². The molecule has 3 aromatic carbocycles. The molecule has 208 valence electrons. The predicted octanol–water partition coefficient (Wildman–Crippen LogP) is 4.42. The van der Waals surface area contributed by atoms with E-state index >= 15 is 4.39 Å². The molecule has 5 rings (SSSR count). The Kier molecular flexibility index (Phi) is 7.21. The van der Waals surface area contributed by atoms with Crippen molar-refractivity contribution in [3.05, 3.63) is 111 Å². The van der Waals surface area contributed by atoms with Crippen LogP contribution in [0.3, 0.4) is 0 Å². The number of hydrogen-bond donors (Lipinski definition) is 1. The number of benzene rings is 3. The number of amides is 1. The number of halogens is 2. The second-order valence-corrected chi connectivity index (χ2v) is 8.78. The van der Waals surface area contributed by atoms with Crippen LogP contribution in [-0.2, 0) is 7.05 Å². The molecule has 1 amide bonds. The van der Waals surface area contributed by atoms with Crippen molar-refractivity contribution in [1.82, 2.24) is 14.1 Å². The summed E-state index contributed by atoms with van der Waals surface area (Å²) in [5.74, 6) is -0.903. The molecule has 0 aliphatic heterocycles. The first-order valence-corrected chi connectivity index (χ1v) is 12.1. The summed E-state index contributed by atoms with van der Waals surface area (Å²) in [6, 6.07) is 13.4. The van der Waals surface area contributed by atoms with E-state index in [-0.39, 0.29) is 17.1 Å². The number of nitrogens with one attached hydrogen (secondary N) is 1. The molecule has 1 N–H and O–H groups in total. The van der Waals surface area contributed by atoms with Gasteiger partial charge in [0.15, 0.2) is 11.5 Å². The average Bonchev–Trinajstić information content (AvgIpc) is 2.96. The highest BCUT2D eigenvalue weighted by molar-refractivity contribution is 6.04. The Bertz CT molecular complexity index is 1920. The largest absolute Gasteiger partial charge is 0.493 e. The minimum Gasteiger partial charge on any atom is -0.493 e. The van der Waals surface area contributed by atoms with E-state index in [0.29, 0.717) is 28.2 Å². The van der Waals surface area contributed by atoms with Gasteiger partial charge in [-0.15, -0.1) is 0 Å². The van der Waals surface area contributed by atoms with E-state index < -0.39 is 34.4 Å². The first kappa shape index (κ1) is 27.1. The molecule has 10 nitrogen and oxygen atoms in total. The molecule has 0 aliphatic carbocycles. The smallest absolute Gasteiger partial charge is 0.335 e. The molecule has 0 radical (unpaired) electrons. The van der Waals surface area contributed by atoms with Gasteiger partial charge in [0, 0.05) is 37.0 Å². The number of ether oxygens (including phenoxy) is 3. The van der Waals surface area contributed by atoms with Crippen molar-refractivity contribution in [2.75, 3.05) is 19.5 Å². The SMILES string of the molecule is COc1cc2nccc(Oc3ccc(NC(=O)c4cn(C)c(=O)n(-c5ccc(F)cc5)c4=O)c(F)c3)c2cc1OC. The Labute approximate surface area is 231 Å². The molecule has 0 bridgehead atoms. The summed E-state index contributed by atoms with van der Waals surface area (Å²) in [5, 5.41) is 2.94. The molecule has 41 heavy (non-hydrogen) atoms. The number of pyridine rings is 1. The van der Waals surface area contributed by atoms with Crippen molar-refractivity contribution < 1.29 is 27.8 Å². The van der Waals surface area contributed by atoms with Crippen molar-refractivity contribution in [2.24, 2.45) is 7.05 Å². The fraction of sp³-hybridized carbons (Fsp3) is 0.103. The maximum atomic E-state index is 15.1. The first-order chi connectivity index (χ1) is 19.7. The van der Waals surface area contributed by atoms with Gasteiger partial charge in [-0.25, -0.2) is 18.1 Å². The van der Waals surface area contributed by atoms with Crippen molar-refractivity contribution >= 4 is 22.5 Å². The van der Waals surface area contributed by atoms with Crippen LogP contribution < -0.4 is 30.8 Å². The molecule has 0 saturated carbocycles. The van der Waals surface area contributed by atoms with Crippen LogP contribution in [0.4, 0.5) is 14.5 Å². The maximum absolute atomic E-state index is 15.1. The fourth-order valence-electron chi connectivity index (χ4n) is 4.16. The number of aromatic nitrogens is 3. The lowest BCUT2D eigenvalue weighted by molar-refractivity contribution is 0.102. The summed E-state index contributed by atoms with van der Waals surface area (Å²) in [6.45, 7) is 0. The number of aryl methyl sites for hydroxylation is 1. The maximum Gasteiger partial charge on any atom is 0.335 e. The number of rotatable bonds is 7. The average molecular weight is 561 g/mol. The highest BCUT2D eigenvalue weighted by atomic mass is 19.1. The van der Waals surface area contributed by atoms with E-state index in [0.717, 1.165) is 33.5 Å². The van der Waals surface area contributed by atoms with E-state index in [2.05, 4.69) is 10.3 Å². The lowest BCUT2D eigenvalue weighted by Gasteiger charge is -2.13. The van der Waals surface area contributed by atoms with E-state index in [1.807, 2.05) is 0 Å². The van der Waals surface area contributed by atoms with Crippen molar-refractivity contribution in [3.63, 3.8) is 0 Å². The third kappa shape index (κ3) is 5.22. The molecule has 0 fully saturated rings. The number of hydrogen-bond acceptors (Lipinski definition) is 7. The van der Waals surface area contributed by atoms with Crippen molar-refractivity contribution in [2.45, 2.75) is 0 Å². The Morgan fingerprint density at radius 3 is 2.29 bits per heavy atom. The van der Waals surface area contributed by atoms with Gasteiger partial charge in [0.1, 0.15) is 28.7 Å². The molecular weight excluding hydrogens is 538 g/mol. The quantitative estimate of drug-likeness (QED) is 0.313. The second kappa shape index (κ2) is 10.9. The summed E-state index contributed by atoms with van der Waals surface area (Å²) in [4.78, 5) is 43.0. The molecule has 0 aliphatic rings. The van der Waals surface area contributed by atoms with Crippen molar-refractivity contribution in [3.8, 4) is 28.7 Å². The molecule has 2 aromatic heterocycles. The molecule has 0 atom stereocenters. The zero-order valence-electron chi connectivity index (χ0n) is 22.0. The van der Waals surface area contributed by atoms with Gasteiger partial charge in [0.25, 0.3) is 11.5 Å². The van der Waals surface area contributed by atoms with Gasteiger partial charge in [0.2, 0.25) is 0 Å². The zero-order chi connectivity index (χ0) is 29.3. The molecule has 5 aromatic rings. The highest BCUT2D eigenvalue weighted by Gasteiger charge is 2.19. The van der Waals surface area contributed by atoms with Crippen LogP contribution in [-0.4, -0.2) is 34.2 Å². The van der Waals surface area contributed by atoms with Gasteiger partial charge in [-0.2, -0.15) is 0 Å². The zero-order valence-corrected chi connectivity index (χ0v) is 22.0. The third-order valence-corrected chi connectivity index (χ3v) is 6.20. The number of carbonyl (C=O) groups is 1. The van der Waals surface area contributed by atoms with Crippen LogP contribution in [0.5, 0.6) is 23.0 Å². The van der Waals surface area contributed by atoms with E-state index in [1.54, 1.807) is 18.2 Å². The Morgan fingerprint density at radius 2 is 1.61 bits per heavy atom. The van der Waals surface area contributed by atoms with Crippen molar-refractivity contribution in [1.29, 1.82) is 0 Å². The number of methoxy groups -OCH3 is 2. The molecular formula is C29H22F2N4O6. The fourth-order valence-corrected chi connectivity index (χ4v) is 4.16. The Balaban J connectivity index is 1.42. The molecule has 0 spiro atoms. The minimum absolute atomic E-state index is 0.0685. The lowest BCUT2D eigenvalue weighted by atomic mass is 10.2. The number of nitrogens with zero attached hydrogens (tertiary/aromatic N) is 3. The molecule has 12 heteroatoms. The summed E-state index contributed by atoms with van der Waals surface area (Å²) in [6.07, 6.45) is 2.58. The normalized spacial score (nSPS) is 10.9. The van der Waals surface area contributed by atoms with Crippen LogP contribution in [0.15, 0.2) is 82.6 Å². The number of carbonyl (C=O) groups excluding carboxylic acids is 1. The van der Waals surface area contributed by atoms with Crippen LogP contribution >= 0.6 is 0 Å². The lowest BCUT2D eigenvalue weighted by Crippen LogP contribution is -2.41. The predicted molar refractivity (Wildman–Crippen MR) is 147 cm³/mol. The summed E-state index contributed by atoms with van der Waals surface area (Å²) in [7, 11) is 4.35. The summed E-state index contributed by atoms with van der Waals surface area (Å²) in [5.41, 5.74) is -1.72. The van der Waals surface area contributed by atoms with Crippen LogP contribution in [0.25, 0.3) is 16.6 Å². The minimum atomic E-state index is -0.950. The molecule has 0 unspecified atom stereocenters.